The molecule has 38 heavy (non-hydrogen) atoms. The van der Waals surface area contributed by atoms with Gasteiger partial charge in [0.15, 0.2) is 9.84 Å². The Hall–Kier alpha value is -4.06. The van der Waals surface area contributed by atoms with Crippen molar-refractivity contribution in [3.05, 3.63) is 77.9 Å². The highest BCUT2D eigenvalue weighted by Crippen LogP contribution is 2.34. The van der Waals surface area contributed by atoms with Gasteiger partial charge in [-0.25, -0.2) is 27.6 Å². The van der Waals surface area contributed by atoms with E-state index in [1.807, 2.05) is 11.0 Å². The van der Waals surface area contributed by atoms with Gasteiger partial charge < -0.3 is 9.64 Å². The molecule has 3 aromatic rings. The summed E-state index contributed by atoms with van der Waals surface area (Å²) in [4.78, 5) is 36.3. The Kier molecular flexibility index (Phi) is 8.20. The summed E-state index contributed by atoms with van der Waals surface area (Å²) in [6.45, 7) is 3.91. The zero-order chi connectivity index (χ0) is 27.3. The molecule has 0 radical (unpaired) electrons. The van der Waals surface area contributed by atoms with Crippen LogP contribution in [0.25, 0.3) is 0 Å². The highest BCUT2D eigenvalue weighted by molar-refractivity contribution is 7.91. The number of nitrogens with zero attached hydrogens (tertiary/aromatic N) is 4. The number of benzene rings is 2. The molecule has 10 nitrogen and oxygen atoms in total. The molecule has 1 fully saturated rings. The third-order valence-corrected chi connectivity index (χ3v) is 7.89. The number of aromatic nitrogens is 2. The number of nitrogens with one attached hydrogen (secondary N) is 1. The molecule has 1 aliphatic heterocycles. The number of carbonyl (C=O) groups is 2. The van der Waals surface area contributed by atoms with E-state index in [0.29, 0.717) is 12.5 Å². The number of rotatable bonds is 7. The summed E-state index contributed by atoms with van der Waals surface area (Å²) >= 11 is 0. The van der Waals surface area contributed by atoms with E-state index in [4.69, 9.17) is 4.74 Å². The van der Waals surface area contributed by atoms with Crippen LogP contribution in [0.15, 0.2) is 65.8 Å². The number of hydrogen-bond donors (Lipinski definition) is 1. The predicted molar refractivity (Wildman–Crippen MR) is 139 cm³/mol. The summed E-state index contributed by atoms with van der Waals surface area (Å²) in [5.41, 5.74) is 3.60. The van der Waals surface area contributed by atoms with E-state index in [-0.39, 0.29) is 40.4 Å². The SMILES string of the molecule is CCOC(=O)N(NC(=O)c1cnc(N2CCCC2c2cccc(F)c2)nc1)c1ccc(S(=O)(=O)CC)cc1. The maximum atomic E-state index is 13.8. The lowest BCUT2D eigenvalue weighted by Crippen LogP contribution is -2.47. The van der Waals surface area contributed by atoms with Crippen LogP contribution in [0.5, 0.6) is 0 Å². The summed E-state index contributed by atoms with van der Waals surface area (Å²) in [5, 5.41) is 0.891. The summed E-state index contributed by atoms with van der Waals surface area (Å²) in [5.74, 6) is -0.641. The van der Waals surface area contributed by atoms with Crippen molar-refractivity contribution in [2.24, 2.45) is 0 Å². The van der Waals surface area contributed by atoms with Gasteiger partial charge in [-0.05, 0) is 61.7 Å². The smallest absolute Gasteiger partial charge is 0.433 e. The van der Waals surface area contributed by atoms with Gasteiger partial charge in [-0.2, -0.15) is 5.01 Å². The number of carbonyl (C=O) groups excluding carboxylic acids is 2. The molecule has 1 aromatic heterocycles. The molecule has 4 rings (SSSR count). The first-order valence-corrected chi connectivity index (χ1v) is 13.8. The molecular weight excluding hydrogens is 513 g/mol. The Morgan fingerprint density at radius 1 is 1.13 bits per heavy atom. The Morgan fingerprint density at radius 2 is 1.84 bits per heavy atom. The lowest BCUT2D eigenvalue weighted by atomic mass is 10.0. The minimum Gasteiger partial charge on any atom is -0.448 e. The largest absolute Gasteiger partial charge is 0.448 e. The number of halogens is 1. The van der Waals surface area contributed by atoms with Crippen LogP contribution < -0.4 is 15.3 Å². The quantitative estimate of drug-likeness (QED) is 0.445. The molecule has 2 aromatic carbocycles. The summed E-state index contributed by atoms with van der Waals surface area (Å²) in [6.07, 6.45) is 3.55. The lowest BCUT2D eigenvalue weighted by molar-refractivity contribution is 0.0935. The molecule has 1 atom stereocenters. The third-order valence-electron chi connectivity index (χ3n) is 6.14. The van der Waals surface area contributed by atoms with Crippen molar-refractivity contribution in [3.63, 3.8) is 0 Å². The van der Waals surface area contributed by atoms with Gasteiger partial charge in [0.2, 0.25) is 5.95 Å². The number of hydrazine groups is 1. The molecule has 2 amide bonds. The Morgan fingerprint density at radius 3 is 2.47 bits per heavy atom. The second-order valence-corrected chi connectivity index (χ2v) is 10.8. The van der Waals surface area contributed by atoms with Crippen molar-refractivity contribution in [1.82, 2.24) is 15.4 Å². The molecule has 1 saturated heterocycles. The maximum absolute atomic E-state index is 13.8. The predicted octanol–water partition coefficient (Wildman–Crippen LogP) is 4.06. The van der Waals surface area contributed by atoms with Crippen LogP contribution in [-0.2, 0) is 14.6 Å². The van der Waals surface area contributed by atoms with Gasteiger partial charge in [0.25, 0.3) is 5.91 Å². The van der Waals surface area contributed by atoms with Crippen LogP contribution in [0.4, 0.5) is 20.8 Å². The maximum Gasteiger partial charge on any atom is 0.433 e. The number of sulfone groups is 1. The topological polar surface area (TPSA) is 122 Å². The fourth-order valence-electron chi connectivity index (χ4n) is 4.19. The van der Waals surface area contributed by atoms with E-state index in [1.54, 1.807) is 13.0 Å². The van der Waals surface area contributed by atoms with E-state index in [1.165, 1.54) is 55.7 Å². The monoisotopic (exact) mass is 541 g/mol. The van der Waals surface area contributed by atoms with Crippen molar-refractivity contribution < 1.29 is 27.1 Å². The van der Waals surface area contributed by atoms with E-state index < -0.39 is 21.8 Å². The zero-order valence-electron chi connectivity index (χ0n) is 21.0. The van der Waals surface area contributed by atoms with Gasteiger partial charge in [0, 0.05) is 18.9 Å². The van der Waals surface area contributed by atoms with E-state index in [9.17, 15) is 22.4 Å². The summed E-state index contributed by atoms with van der Waals surface area (Å²) < 4.78 is 43.0. The summed E-state index contributed by atoms with van der Waals surface area (Å²) in [7, 11) is -3.43. The molecule has 200 valence electrons. The average Bonchev–Trinajstić information content (AvgIpc) is 3.42. The number of hydrogen-bond acceptors (Lipinski definition) is 8. The molecule has 1 N–H and O–H groups in total. The van der Waals surface area contributed by atoms with Crippen LogP contribution in [0.2, 0.25) is 0 Å². The van der Waals surface area contributed by atoms with E-state index >= 15 is 0 Å². The molecule has 1 aliphatic rings. The molecule has 2 heterocycles. The second-order valence-electron chi connectivity index (χ2n) is 8.55. The minimum atomic E-state index is -3.43. The fraction of sp³-hybridized carbons (Fsp3) is 0.308. The minimum absolute atomic E-state index is 0.0631. The van der Waals surface area contributed by atoms with Gasteiger partial charge in [-0.15, -0.1) is 0 Å². The van der Waals surface area contributed by atoms with Crippen molar-refractivity contribution >= 4 is 33.5 Å². The molecule has 0 saturated carbocycles. The highest BCUT2D eigenvalue weighted by Gasteiger charge is 2.29. The second kappa shape index (κ2) is 11.5. The van der Waals surface area contributed by atoms with Gasteiger partial charge in [-0.1, -0.05) is 19.1 Å². The zero-order valence-corrected chi connectivity index (χ0v) is 21.8. The molecule has 0 bridgehead atoms. The Labute approximate surface area is 220 Å². The molecule has 12 heteroatoms. The number of ether oxygens (including phenoxy) is 1. The van der Waals surface area contributed by atoms with Gasteiger partial charge in [0.05, 0.1) is 34.5 Å². The van der Waals surface area contributed by atoms with Crippen molar-refractivity contribution in [2.75, 3.05) is 28.8 Å². The lowest BCUT2D eigenvalue weighted by Gasteiger charge is -2.25. The average molecular weight is 542 g/mol. The van der Waals surface area contributed by atoms with Crippen LogP contribution in [0, 0.1) is 5.82 Å². The van der Waals surface area contributed by atoms with E-state index in [0.717, 1.165) is 23.4 Å². The first kappa shape index (κ1) is 27.0. The molecule has 0 spiro atoms. The van der Waals surface area contributed by atoms with Gasteiger partial charge >= 0.3 is 6.09 Å². The fourth-order valence-corrected chi connectivity index (χ4v) is 5.08. The van der Waals surface area contributed by atoms with Crippen LogP contribution >= 0.6 is 0 Å². The van der Waals surface area contributed by atoms with E-state index in [2.05, 4.69) is 15.4 Å². The first-order valence-electron chi connectivity index (χ1n) is 12.2. The number of anilines is 2. The van der Waals surface area contributed by atoms with Gasteiger partial charge in [0.1, 0.15) is 5.82 Å². The Bertz CT molecular complexity index is 1400. The van der Waals surface area contributed by atoms with Crippen LogP contribution in [-0.4, -0.2) is 49.3 Å². The Balaban J connectivity index is 1.52. The molecule has 1 unspecified atom stereocenters. The summed E-state index contributed by atoms with van der Waals surface area (Å²) in [6, 6.07) is 11.9. The van der Waals surface area contributed by atoms with Crippen molar-refractivity contribution in [2.45, 2.75) is 37.6 Å². The molecule has 0 aliphatic carbocycles. The van der Waals surface area contributed by atoms with Gasteiger partial charge in [-0.3, -0.25) is 10.2 Å². The normalized spacial score (nSPS) is 15.2. The third kappa shape index (κ3) is 5.91. The van der Waals surface area contributed by atoms with Crippen molar-refractivity contribution in [3.8, 4) is 0 Å². The highest BCUT2D eigenvalue weighted by atomic mass is 32.2. The first-order chi connectivity index (χ1) is 18.2. The number of amides is 2. The van der Waals surface area contributed by atoms with Crippen LogP contribution in [0.3, 0.4) is 0 Å². The van der Waals surface area contributed by atoms with Crippen molar-refractivity contribution in [1.29, 1.82) is 0 Å². The molecular formula is C26H28FN5O5S. The standard InChI is InChI=1S/C26H28FN5O5S/c1-3-37-26(34)32(21-10-12-22(13-11-21)38(35,36)4-2)30-24(33)19-16-28-25(29-17-19)31-14-6-9-23(31)18-7-5-8-20(27)15-18/h5,7-8,10-13,15-17,23H,3-4,6,9,14H2,1-2H3,(H,30,33). The van der Waals surface area contributed by atoms with Crippen LogP contribution in [0.1, 0.15) is 48.7 Å².